The molecule has 1 fully saturated rings. The number of carbonyl (C=O) groups excluding carboxylic acids is 1. The van der Waals surface area contributed by atoms with Crippen LogP contribution >= 0.6 is 11.6 Å². The van der Waals surface area contributed by atoms with Crippen molar-refractivity contribution in [3.05, 3.63) is 34.9 Å². The van der Waals surface area contributed by atoms with Crippen LogP contribution in [0.2, 0.25) is 5.02 Å². The van der Waals surface area contributed by atoms with E-state index in [1.54, 1.807) is 12.1 Å². The lowest BCUT2D eigenvalue weighted by molar-refractivity contribution is -0.132. The number of benzene rings is 1. The lowest BCUT2D eigenvalue weighted by atomic mass is 10.1. The number of piperazine rings is 1. The van der Waals surface area contributed by atoms with Crippen LogP contribution in [-0.4, -0.2) is 81.0 Å². The molecule has 1 amide bonds. The highest BCUT2D eigenvalue weighted by molar-refractivity contribution is 7.88. The quantitative estimate of drug-likeness (QED) is 0.707. The van der Waals surface area contributed by atoms with Gasteiger partial charge in [-0.2, -0.15) is 0 Å². The second-order valence-corrected chi connectivity index (χ2v) is 8.89. The normalized spacial score (nSPS) is 16.4. The maximum Gasteiger partial charge on any atom is 0.223 e. The summed E-state index contributed by atoms with van der Waals surface area (Å²) in [4.78, 5) is 16.3. The second kappa shape index (κ2) is 8.98. The molecule has 6 nitrogen and oxygen atoms in total. The first-order chi connectivity index (χ1) is 11.8. The van der Waals surface area contributed by atoms with Crippen molar-refractivity contribution in [2.45, 2.75) is 12.8 Å². The maximum absolute atomic E-state index is 12.3. The molecule has 2 rings (SSSR count). The van der Waals surface area contributed by atoms with E-state index < -0.39 is 10.0 Å². The topological polar surface area (TPSA) is 60.9 Å². The number of sulfonamides is 1. The van der Waals surface area contributed by atoms with Crippen molar-refractivity contribution in [1.82, 2.24) is 14.1 Å². The lowest BCUT2D eigenvalue weighted by Gasteiger charge is -2.33. The Hall–Kier alpha value is -1.15. The van der Waals surface area contributed by atoms with Gasteiger partial charge in [0.1, 0.15) is 0 Å². The van der Waals surface area contributed by atoms with Gasteiger partial charge in [0.05, 0.1) is 6.26 Å². The third kappa shape index (κ3) is 6.58. The number of carbonyl (C=O) groups is 1. The average Bonchev–Trinajstić information content (AvgIpc) is 2.55. The summed E-state index contributed by atoms with van der Waals surface area (Å²) in [5.74, 6) is 0.0215. The minimum Gasteiger partial charge on any atom is -0.340 e. The van der Waals surface area contributed by atoms with E-state index in [0.29, 0.717) is 31.1 Å². The van der Waals surface area contributed by atoms with Crippen LogP contribution < -0.4 is 0 Å². The Balaban J connectivity index is 1.87. The van der Waals surface area contributed by atoms with Crippen LogP contribution in [0.25, 0.3) is 0 Å². The van der Waals surface area contributed by atoms with Crippen molar-refractivity contribution < 1.29 is 13.2 Å². The van der Waals surface area contributed by atoms with Gasteiger partial charge in [0.2, 0.25) is 15.9 Å². The molecule has 0 N–H and O–H groups in total. The van der Waals surface area contributed by atoms with Gasteiger partial charge in [-0.15, -0.1) is 0 Å². The fourth-order valence-corrected chi connectivity index (χ4v) is 3.75. The number of hydrogen-bond acceptors (Lipinski definition) is 4. The largest absolute Gasteiger partial charge is 0.340 e. The van der Waals surface area contributed by atoms with E-state index in [-0.39, 0.29) is 18.9 Å². The van der Waals surface area contributed by atoms with Gasteiger partial charge in [0.15, 0.2) is 0 Å². The van der Waals surface area contributed by atoms with E-state index in [2.05, 4.69) is 4.90 Å². The highest BCUT2D eigenvalue weighted by Crippen LogP contribution is 2.12. The number of hydrogen-bond donors (Lipinski definition) is 0. The van der Waals surface area contributed by atoms with Crippen molar-refractivity contribution in [2.75, 3.05) is 52.6 Å². The molecule has 8 heteroatoms. The van der Waals surface area contributed by atoms with Crippen LogP contribution in [-0.2, 0) is 21.2 Å². The summed E-state index contributed by atoms with van der Waals surface area (Å²) in [6.45, 7) is 3.71. The molecule has 0 spiro atoms. The summed E-state index contributed by atoms with van der Waals surface area (Å²) in [6.07, 6.45) is 2.00. The van der Waals surface area contributed by atoms with E-state index in [4.69, 9.17) is 11.6 Å². The average molecular weight is 388 g/mol. The number of amides is 1. The van der Waals surface area contributed by atoms with Crippen molar-refractivity contribution in [3.8, 4) is 0 Å². The maximum atomic E-state index is 12.3. The molecule has 1 aliphatic heterocycles. The van der Waals surface area contributed by atoms with Crippen molar-refractivity contribution >= 4 is 27.5 Å². The third-order valence-corrected chi connectivity index (χ3v) is 6.02. The molecule has 25 heavy (non-hydrogen) atoms. The highest BCUT2D eigenvalue weighted by Gasteiger charge is 2.22. The summed E-state index contributed by atoms with van der Waals surface area (Å²) in [5.41, 5.74) is 1.02. The third-order valence-electron chi connectivity index (χ3n) is 4.46. The number of rotatable bonds is 7. The van der Waals surface area contributed by atoms with Gasteiger partial charge < -0.3 is 9.80 Å². The molecule has 1 saturated heterocycles. The van der Waals surface area contributed by atoms with Crippen LogP contribution in [0.1, 0.15) is 12.0 Å². The smallest absolute Gasteiger partial charge is 0.223 e. The number of likely N-dealkylation sites (N-methyl/N-ethyl adjacent to an activating group) is 1. The molecule has 0 atom stereocenters. The zero-order chi connectivity index (χ0) is 18.4. The van der Waals surface area contributed by atoms with Gasteiger partial charge in [-0.1, -0.05) is 23.7 Å². The second-order valence-electron chi connectivity index (χ2n) is 6.47. The first-order valence-corrected chi connectivity index (χ1v) is 10.6. The molecular formula is C17H26ClN3O3S. The number of halogens is 1. The van der Waals surface area contributed by atoms with Crippen LogP contribution in [0.5, 0.6) is 0 Å². The highest BCUT2D eigenvalue weighted by atomic mass is 35.5. The van der Waals surface area contributed by atoms with E-state index >= 15 is 0 Å². The van der Waals surface area contributed by atoms with Crippen molar-refractivity contribution in [1.29, 1.82) is 0 Å². The van der Waals surface area contributed by atoms with Crippen molar-refractivity contribution in [2.24, 2.45) is 0 Å². The van der Waals surface area contributed by atoms with Gasteiger partial charge in [-0.05, 0) is 31.2 Å². The molecule has 0 aliphatic carbocycles. The van der Waals surface area contributed by atoms with Crippen LogP contribution in [0.15, 0.2) is 24.3 Å². The van der Waals surface area contributed by atoms with Crippen LogP contribution in [0, 0.1) is 0 Å². The Morgan fingerprint density at radius 1 is 1.12 bits per heavy atom. The molecule has 0 bridgehead atoms. The Morgan fingerprint density at radius 2 is 1.72 bits per heavy atom. The standard InChI is InChI=1S/C17H26ClN3O3S/c1-19-11-13-20(14-12-19)17(22)8-10-21(25(2,23)24)9-7-15-3-5-16(18)6-4-15/h3-6H,7-14H2,1-2H3. The molecule has 140 valence electrons. The molecule has 0 saturated carbocycles. The monoisotopic (exact) mass is 387 g/mol. The molecule has 1 aromatic carbocycles. The summed E-state index contributed by atoms with van der Waals surface area (Å²) in [7, 11) is -1.32. The summed E-state index contributed by atoms with van der Waals surface area (Å²) >= 11 is 5.86. The Kier molecular flexibility index (Phi) is 7.25. The van der Waals surface area contributed by atoms with E-state index in [9.17, 15) is 13.2 Å². The molecular weight excluding hydrogens is 362 g/mol. The van der Waals surface area contributed by atoms with Gasteiger partial charge in [0, 0.05) is 50.7 Å². The molecule has 1 aliphatic rings. The van der Waals surface area contributed by atoms with E-state index in [1.165, 1.54) is 10.6 Å². The summed E-state index contributed by atoms with van der Waals surface area (Å²) in [5, 5.41) is 0.654. The SMILES string of the molecule is CN1CCN(C(=O)CCN(CCc2ccc(Cl)cc2)S(C)(=O)=O)CC1. The molecule has 0 radical (unpaired) electrons. The molecule has 0 unspecified atom stereocenters. The van der Waals surface area contributed by atoms with Crippen molar-refractivity contribution in [3.63, 3.8) is 0 Å². The first kappa shape index (κ1) is 20.2. The van der Waals surface area contributed by atoms with Gasteiger partial charge in [-0.3, -0.25) is 4.79 Å². The number of nitrogens with zero attached hydrogens (tertiary/aromatic N) is 3. The van der Waals surface area contributed by atoms with E-state index in [1.807, 2.05) is 24.1 Å². The minimum atomic E-state index is -3.35. The Bertz CT molecular complexity index is 671. The summed E-state index contributed by atoms with van der Waals surface area (Å²) in [6, 6.07) is 7.35. The van der Waals surface area contributed by atoms with Crippen LogP contribution in [0.4, 0.5) is 0 Å². The van der Waals surface area contributed by atoms with Gasteiger partial charge >= 0.3 is 0 Å². The fourth-order valence-electron chi connectivity index (χ4n) is 2.78. The Morgan fingerprint density at radius 3 is 2.28 bits per heavy atom. The van der Waals surface area contributed by atoms with Crippen LogP contribution in [0.3, 0.4) is 0 Å². The zero-order valence-corrected chi connectivity index (χ0v) is 16.4. The fraction of sp³-hybridized carbons (Fsp3) is 0.588. The zero-order valence-electron chi connectivity index (χ0n) is 14.8. The predicted molar refractivity (Wildman–Crippen MR) is 100 cm³/mol. The van der Waals surface area contributed by atoms with E-state index in [0.717, 1.165) is 18.7 Å². The molecule has 1 aromatic rings. The first-order valence-electron chi connectivity index (χ1n) is 8.41. The van der Waals surface area contributed by atoms with Gasteiger partial charge in [0.25, 0.3) is 0 Å². The molecule has 1 heterocycles. The van der Waals surface area contributed by atoms with Gasteiger partial charge in [-0.25, -0.2) is 12.7 Å². The Labute approximate surface area is 155 Å². The lowest BCUT2D eigenvalue weighted by Crippen LogP contribution is -2.48. The molecule has 0 aromatic heterocycles. The minimum absolute atomic E-state index is 0.0215. The predicted octanol–water partition coefficient (Wildman–Crippen LogP) is 1.31. The summed E-state index contributed by atoms with van der Waals surface area (Å²) < 4.78 is 25.4.